The summed E-state index contributed by atoms with van der Waals surface area (Å²) in [6.07, 6.45) is 2.00. The number of rotatable bonds is 9. The first-order chi connectivity index (χ1) is 29.7. The summed E-state index contributed by atoms with van der Waals surface area (Å²) in [7, 11) is 0. The molecule has 0 saturated carbocycles. The Morgan fingerprint density at radius 3 is 1.75 bits per heavy atom. The highest BCUT2D eigenvalue weighted by Gasteiger charge is 2.19. The van der Waals surface area contributed by atoms with Crippen molar-refractivity contribution in [2.75, 3.05) is 0 Å². The number of hydrogen-bond donors (Lipinski definition) is 0. The van der Waals surface area contributed by atoms with Crippen LogP contribution in [0, 0.1) is 0 Å². The molecule has 60 heavy (non-hydrogen) atoms. The predicted octanol–water partition coefficient (Wildman–Crippen LogP) is 15.9. The zero-order valence-electron chi connectivity index (χ0n) is 33.4. The van der Waals surface area contributed by atoms with Gasteiger partial charge in [-0.15, -0.1) is 0 Å². The summed E-state index contributed by atoms with van der Waals surface area (Å²) in [4.78, 5) is 0. The number of hydrogen-bond acceptors (Lipinski definition) is 0. The van der Waals surface area contributed by atoms with Gasteiger partial charge in [0.15, 0.2) is 0 Å². The lowest BCUT2D eigenvalue weighted by Crippen LogP contribution is -2.04. The second-order valence-corrected chi connectivity index (χ2v) is 16.0. The normalized spacial score (nSPS) is 12.1. The maximum Gasteiger partial charge on any atom is 0.0547 e. The number of nitrogens with zero attached hydrogens (tertiary/aromatic N) is 1. The molecule has 0 radical (unpaired) electrons. The van der Waals surface area contributed by atoms with Crippen molar-refractivity contribution in [3.8, 4) is 39.1 Å². The van der Waals surface area contributed by atoms with Gasteiger partial charge in [-0.2, -0.15) is 0 Å². The van der Waals surface area contributed by atoms with Crippen molar-refractivity contribution in [1.29, 1.82) is 0 Å². The summed E-state index contributed by atoms with van der Waals surface area (Å²) in [5.74, 6) is 0.226. The van der Waals surface area contributed by atoms with Gasteiger partial charge in [0.1, 0.15) is 0 Å². The molecule has 1 unspecified atom stereocenters. The van der Waals surface area contributed by atoms with Gasteiger partial charge in [-0.25, -0.2) is 0 Å². The maximum absolute atomic E-state index is 2.44. The Bertz CT molecular complexity index is 3310. The van der Waals surface area contributed by atoms with Crippen LogP contribution in [0.15, 0.2) is 231 Å². The molecule has 1 heteroatoms. The standard InChI is InChI=1S/C59H43N/c1-2-13-42(14-3-1)47-19-10-20-48(38-47)44-30-33-52(34-31-44)60-58-26-9-8-24-56(58)57-36-32-50(40-59(57)60)49-21-11-22-51(39-49)54(55-25-12-18-45-16-6-7-23-53(45)55)35-28-41-27-29-43-15-4-5-17-46(43)37-41/h1-27,29-34,36-40,54H,28,35H2. The minimum absolute atomic E-state index is 0.226. The number of aryl methyl sites for hydroxylation is 1. The third kappa shape index (κ3) is 6.65. The van der Waals surface area contributed by atoms with Crippen molar-refractivity contribution in [3.63, 3.8) is 0 Å². The molecule has 0 aliphatic rings. The first kappa shape index (κ1) is 35.7. The molecule has 11 aromatic rings. The van der Waals surface area contributed by atoms with Crippen molar-refractivity contribution in [2.24, 2.45) is 0 Å². The SMILES string of the molecule is c1ccc(-c2cccc(-c3ccc(-n4c5ccccc5c5ccc(-c6cccc(C(CCc7ccc8ccccc8c7)c7cccc8ccccc78)c6)cc54)cc3)c2)cc1. The van der Waals surface area contributed by atoms with Gasteiger partial charge in [0.25, 0.3) is 0 Å². The van der Waals surface area contributed by atoms with E-state index in [9.17, 15) is 0 Å². The molecule has 0 aliphatic carbocycles. The van der Waals surface area contributed by atoms with E-state index in [2.05, 4.69) is 235 Å². The average molecular weight is 766 g/mol. The molecule has 284 valence electrons. The van der Waals surface area contributed by atoms with Crippen LogP contribution in [0.2, 0.25) is 0 Å². The van der Waals surface area contributed by atoms with E-state index in [1.807, 2.05) is 0 Å². The largest absolute Gasteiger partial charge is 0.309 e. The van der Waals surface area contributed by atoms with E-state index >= 15 is 0 Å². The number of benzene rings is 10. The Hall–Kier alpha value is -7.48. The monoisotopic (exact) mass is 765 g/mol. The number of aromatic nitrogens is 1. The van der Waals surface area contributed by atoms with Crippen molar-refractivity contribution >= 4 is 43.4 Å². The molecule has 1 nitrogen and oxygen atoms in total. The summed E-state index contributed by atoms with van der Waals surface area (Å²) in [6.45, 7) is 0. The highest BCUT2D eigenvalue weighted by molar-refractivity contribution is 6.10. The number of para-hydroxylation sites is 1. The van der Waals surface area contributed by atoms with Crippen LogP contribution in [-0.4, -0.2) is 4.57 Å². The van der Waals surface area contributed by atoms with Crippen LogP contribution in [-0.2, 0) is 6.42 Å². The third-order valence-corrected chi connectivity index (χ3v) is 12.5. The third-order valence-electron chi connectivity index (χ3n) is 12.5. The second kappa shape index (κ2) is 15.4. The van der Waals surface area contributed by atoms with Gasteiger partial charge in [0.2, 0.25) is 0 Å². The molecule has 1 heterocycles. The highest BCUT2D eigenvalue weighted by Crippen LogP contribution is 2.39. The fourth-order valence-electron chi connectivity index (χ4n) is 9.44. The van der Waals surface area contributed by atoms with E-state index in [4.69, 9.17) is 0 Å². The molecule has 10 aromatic carbocycles. The van der Waals surface area contributed by atoms with E-state index in [0.717, 1.165) is 18.5 Å². The topological polar surface area (TPSA) is 4.93 Å². The Morgan fingerprint density at radius 2 is 0.917 bits per heavy atom. The van der Waals surface area contributed by atoms with Crippen LogP contribution in [0.1, 0.15) is 29.0 Å². The maximum atomic E-state index is 2.44. The van der Waals surface area contributed by atoms with Crippen molar-refractivity contribution in [2.45, 2.75) is 18.8 Å². The first-order valence-electron chi connectivity index (χ1n) is 21.1. The quantitative estimate of drug-likeness (QED) is 0.138. The Balaban J connectivity index is 0.976. The smallest absolute Gasteiger partial charge is 0.0547 e. The lowest BCUT2D eigenvalue weighted by atomic mass is 9.83. The average Bonchev–Trinajstić information content (AvgIpc) is 3.66. The van der Waals surface area contributed by atoms with Gasteiger partial charge in [-0.05, 0) is 115 Å². The van der Waals surface area contributed by atoms with Crippen LogP contribution >= 0.6 is 0 Å². The Labute approximate surface area is 351 Å². The van der Waals surface area contributed by atoms with Gasteiger partial charge >= 0.3 is 0 Å². The van der Waals surface area contributed by atoms with Crippen LogP contribution < -0.4 is 0 Å². The Kier molecular flexibility index (Phi) is 9.13. The summed E-state index contributed by atoms with van der Waals surface area (Å²) < 4.78 is 2.44. The second-order valence-electron chi connectivity index (χ2n) is 16.0. The van der Waals surface area contributed by atoms with Crippen LogP contribution in [0.4, 0.5) is 0 Å². The molecule has 0 N–H and O–H groups in total. The Morgan fingerprint density at radius 1 is 0.333 bits per heavy atom. The molecule has 0 spiro atoms. The number of fused-ring (bicyclic) bond motifs is 5. The molecule has 0 bridgehead atoms. The lowest BCUT2D eigenvalue weighted by molar-refractivity contribution is 0.720. The van der Waals surface area contributed by atoms with E-state index in [1.165, 1.54) is 93.4 Å². The fourth-order valence-corrected chi connectivity index (χ4v) is 9.44. The predicted molar refractivity (Wildman–Crippen MR) is 255 cm³/mol. The first-order valence-corrected chi connectivity index (χ1v) is 21.1. The molecule has 0 saturated heterocycles. The van der Waals surface area contributed by atoms with E-state index in [0.29, 0.717) is 0 Å². The molecule has 0 aliphatic heterocycles. The van der Waals surface area contributed by atoms with E-state index < -0.39 is 0 Å². The minimum Gasteiger partial charge on any atom is -0.309 e. The van der Waals surface area contributed by atoms with Gasteiger partial charge in [0, 0.05) is 22.4 Å². The van der Waals surface area contributed by atoms with Crippen LogP contribution in [0.25, 0.3) is 82.4 Å². The fraction of sp³-hybridized carbons (Fsp3) is 0.0508. The molecule has 0 amide bonds. The van der Waals surface area contributed by atoms with Gasteiger partial charge in [-0.1, -0.05) is 200 Å². The molecule has 1 atom stereocenters. The summed E-state index contributed by atoms with van der Waals surface area (Å²) in [5.41, 5.74) is 15.0. The van der Waals surface area contributed by atoms with Crippen molar-refractivity contribution < 1.29 is 0 Å². The van der Waals surface area contributed by atoms with Gasteiger partial charge < -0.3 is 4.57 Å². The zero-order chi connectivity index (χ0) is 39.8. The minimum atomic E-state index is 0.226. The van der Waals surface area contributed by atoms with Crippen molar-refractivity contribution in [3.05, 3.63) is 247 Å². The van der Waals surface area contributed by atoms with Gasteiger partial charge in [-0.3, -0.25) is 0 Å². The van der Waals surface area contributed by atoms with Crippen LogP contribution in [0.3, 0.4) is 0 Å². The summed E-state index contributed by atoms with van der Waals surface area (Å²) >= 11 is 0. The molecular weight excluding hydrogens is 723 g/mol. The van der Waals surface area contributed by atoms with Gasteiger partial charge in [0.05, 0.1) is 11.0 Å². The summed E-state index contributed by atoms with van der Waals surface area (Å²) in [6, 6.07) is 84.9. The summed E-state index contributed by atoms with van der Waals surface area (Å²) in [5, 5.41) is 7.73. The molecule has 0 fully saturated rings. The molecule has 1 aromatic heterocycles. The zero-order valence-corrected chi connectivity index (χ0v) is 33.4. The highest BCUT2D eigenvalue weighted by atomic mass is 15.0. The van der Waals surface area contributed by atoms with Crippen LogP contribution in [0.5, 0.6) is 0 Å². The molecule has 11 rings (SSSR count). The van der Waals surface area contributed by atoms with E-state index in [-0.39, 0.29) is 5.92 Å². The van der Waals surface area contributed by atoms with E-state index in [1.54, 1.807) is 0 Å². The van der Waals surface area contributed by atoms with Crippen molar-refractivity contribution in [1.82, 2.24) is 4.57 Å². The molecular formula is C59H43N. The lowest BCUT2D eigenvalue weighted by Gasteiger charge is -2.21.